The van der Waals surface area contributed by atoms with E-state index >= 15 is 0 Å². The van der Waals surface area contributed by atoms with E-state index in [0.717, 1.165) is 25.8 Å². The van der Waals surface area contributed by atoms with Crippen molar-refractivity contribution < 1.29 is 9.59 Å². The molecule has 24 heavy (non-hydrogen) atoms. The van der Waals surface area contributed by atoms with Gasteiger partial charge < -0.3 is 11.1 Å². The highest BCUT2D eigenvalue weighted by atomic mass is 32.1. The third kappa shape index (κ3) is 4.01. The molecule has 0 bridgehead atoms. The highest BCUT2D eigenvalue weighted by molar-refractivity contribution is 7.14. The van der Waals surface area contributed by atoms with Crippen LogP contribution in [0.15, 0.2) is 41.8 Å². The molecule has 1 aromatic heterocycles. The summed E-state index contributed by atoms with van der Waals surface area (Å²) in [5.41, 5.74) is 6.98. The molecule has 1 aromatic carbocycles. The molecule has 2 aromatic rings. The van der Waals surface area contributed by atoms with E-state index in [1.807, 2.05) is 18.2 Å². The van der Waals surface area contributed by atoms with Gasteiger partial charge in [0.15, 0.2) is 0 Å². The van der Waals surface area contributed by atoms with Gasteiger partial charge in [-0.15, -0.1) is 11.3 Å². The Morgan fingerprint density at radius 1 is 1.25 bits per heavy atom. The molecule has 1 aliphatic rings. The first kappa shape index (κ1) is 16.7. The molecule has 1 aliphatic heterocycles. The van der Waals surface area contributed by atoms with E-state index < -0.39 is 5.91 Å². The van der Waals surface area contributed by atoms with Crippen molar-refractivity contribution in [1.82, 2.24) is 4.90 Å². The summed E-state index contributed by atoms with van der Waals surface area (Å²) in [6, 6.07) is 12.4. The second-order valence-corrected chi connectivity index (χ2v) is 6.95. The number of carbonyl (C=O) groups is 2. The summed E-state index contributed by atoms with van der Waals surface area (Å²) >= 11 is 1.32. The van der Waals surface area contributed by atoms with Crippen LogP contribution < -0.4 is 11.1 Å². The number of rotatable bonds is 6. The fourth-order valence-electron chi connectivity index (χ4n) is 3.17. The Balaban J connectivity index is 1.59. The average Bonchev–Trinajstić information content (AvgIpc) is 3.18. The molecular formula is C18H21N3O2S. The van der Waals surface area contributed by atoms with Crippen molar-refractivity contribution in [3.63, 3.8) is 0 Å². The van der Waals surface area contributed by atoms with Gasteiger partial charge in [0.2, 0.25) is 5.91 Å². The highest BCUT2D eigenvalue weighted by Crippen LogP contribution is 2.24. The van der Waals surface area contributed by atoms with Gasteiger partial charge in [-0.1, -0.05) is 30.3 Å². The lowest BCUT2D eigenvalue weighted by Crippen LogP contribution is -2.38. The number of hydrogen-bond donors (Lipinski definition) is 2. The standard InChI is InChI=1S/C18H21N3O2S/c19-17(23)15-8-10-24-18(15)20-16(22)12-21-9-4-7-14(21)11-13-5-2-1-3-6-13/h1-3,5-6,8,10,14H,4,7,9,11-12H2,(H2,19,23)(H,20,22)/t14-/m0/s1. The number of nitrogens with zero attached hydrogens (tertiary/aromatic N) is 1. The lowest BCUT2D eigenvalue weighted by molar-refractivity contribution is -0.117. The van der Waals surface area contributed by atoms with Crippen LogP contribution in [0.2, 0.25) is 0 Å². The fourth-order valence-corrected chi connectivity index (χ4v) is 3.98. The molecule has 2 amide bonds. The Hall–Kier alpha value is -2.18. The molecule has 3 N–H and O–H groups in total. The van der Waals surface area contributed by atoms with E-state index in [1.165, 1.54) is 16.9 Å². The van der Waals surface area contributed by atoms with Crippen LogP contribution in [-0.2, 0) is 11.2 Å². The van der Waals surface area contributed by atoms with Crippen LogP contribution in [0.4, 0.5) is 5.00 Å². The normalized spacial score (nSPS) is 17.8. The van der Waals surface area contributed by atoms with E-state index in [2.05, 4.69) is 22.3 Å². The summed E-state index contributed by atoms with van der Waals surface area (Å²) in [6.07, 6.45) is 3.17. The maximum absolute atomic E-state index is 12.3. The number of anilines is 1. The molecule has 2 heterocycles. The van der Waals surface area contributed by atoms with Gasteiger partial charge in [0.05, 0.1) is 12.1 Å². The molecule has 0 unspecified atom stereocenters. The fraction of sp³-hybridized carbons (Fsp3) is 0.333. The Morgan fingerprint density at radius 3 is 2.79 bits per heavy atom. The average molecular weight is 343 g/mol. The van der Waals surface area contributed by atoms with Crippen molar-refractivity contribution in [2.75, 3.05) is 18.4 Å². The van der Waals surface area contributed by atoms with Gasteiger partial charge in [-0.25, -0.2) is 0 Å². The Labute approximate surface area is 145 Å². The topological polar surface area (TPSA) is 75.4 Å². The van der Waals surface area contributed by atoms with Gasteiger partial charge in [0, 0.05) is 6.04 Å². The SMILES string of the molecule is NC(=O)c1ccsc1NC(=O)CN1CCC[C@H]1Cc1ccccc1. The first-order valence-electron chi connectivity index (χ1n) is 8.08. The number of carbonyl (C=O) groups excluding carboxylic acids is 2. The summed E-state index contributed by atoms with van der Waals surface area (Å²) in [6.45, 7) is 1.27. The van der Waals surface area contributed by atoms with Crippen molar-refractivity contribution in [2.45, 2.75) is 25.3 Å². The van der Waals surface area contributed by atoms with Gasteiger partial charge >= 0.3 is 0 Å². The Kier molecular flexibility index (Phi) is 5.27. The molecule has 1 saturated heterocycles. The quantitative estimate of drug-likeness (QED) is 0.846. The summed E-state index contributed by atoms with van der Waals surface area (Å²) < 4.78 is 0. The number of nitrogens with two attached hydrogens (primary N) is 1. The summed E-state index contributed by atoms with van der Waals surface area (Å²) in [5.74, 6) is -0.616. The molecule has 0 radical (unpaired) electrons. The molecule has 5 nitrogen and oxygen atoms in total. The van der Waals surface area contributed by atoms with Crippen LogP contribution in [0.25, 0.3) is 0 Å². The van der Waals surface area contributed by atoms with Crippen LogP contribution in [0.3, 0.4) is 0 Å². The van der Waals surface area contributed by atoms with Crippen molar-refractivity contribution in [3.8, 4) is 0 Å². The molecule has 126 valence electrons. The Bertz CT molecular complexity index is 714. The van der Waals surface area contributed by atoms with Crippen molar-refractivity contribution in [3.05, 3.63) is 52.9 Å². The van der Waals surface area contributed by atoms with E-state index in [0.29, 0.717) is 23.2 Å². The lowest BCUT2D eigenvalue weighted by Gasteiger charge is -2.24. The number of likely N-dealkylation sites (tertiary alicyclic amines) is 1. The molecule has 6 heteroatoms. The summed E-state index contributed by atoms with van der Waals surface area (Å²) in [7, 11) is 0. The number of benzene rings is 1. The van der Waals surface area contributed by atoms with Crippen molar-refractivity contribution >= 4 is 28.2 Å². The zero-order chi connectivity index (χ0) is 16.9. The van der Waals surface area contributed by atoms with E-state index in [-0.39, 0.29) is 5.91 Å². The van der Waals surface area contributed by atoms with Crippen LogP contribution in [0.5, 0.6) is 0 Å². The third-order valence-corrected chi connectivity index (χ3v) is 5.17. The third-order valence-electron chi connectivity index (χ3n) is 4.34. The van der Waals surface area contributed by atoms with Gasteiger partial charge in [-0.05, 0) is 42.8 Å². The van der Waals surface area contributed by atoms with Gasteiger partial charge in [0.1, 0.15) is 5.00 Å². The Morgan fingerprint density at radius 2 is 2.04 bits per heavy atom. The molecular weight excluding hydrogens is 322 g/mol. The smallest absolute Gasteiger partial charge is 0.251 e. The number of hydrogen-bond acceptors (Lipinski definition) is 4. The summed E-state index contributed by atoms with van der Waals surface area (Å²) in [5, 5.41) is 5.11. The minimum absolute atomic E-state index is 0.0973. The second-order valence-electron chi connectivity index (χ2n) is 6.03. The van der Waals surface area contributed by atoms with Crippen LogP contribution in [-0.4, -0.2) is 35.8 Å². The monoisotopic (exact) mass is 343 g/mol. The first-order valence-corrected chi connectivity index (χ1v) is 8.96. The van der Waals surface area contributed by atoms with Crippen molar-refractivity contribution in [2.24, 2.45) is 5.73 Å². The van der Waals surface area contributed by atoms with Gasteiger partial charge in [-0.3, -0.25) is 14.5 Å². The predicted octanol–water partition coefficient (Wildman–Crippen LogP) is 2.49. The number of primary amides is 1. The molecule has 0 spiro atoms. The van der Waals surface area contributed by atoms with Crippen LogP contribution in [0.1, 0.15) is 28.8 Å². The predicted molar refractivity (Wildman–Crippen MR) is 96.2 cm³/mol. The minimum atomic E-state index is -0.519. The molecule has 1 fully saturated rings. The maximum Gasteiger partial charge on any atom is 0.251 e. The zero-order valence-electron chi connectivity index (χ0n) is 13.4. The highest BCUT2D eigenvalue weighted by Gasteiger charge is 2.26. The largest absolute Gasteiger partial charge is 0.366 e. The van der Waals surface area contributed by atoms with E-state index in [9.17, 15) is 9.59 Å². The molecule has 3 rings (SSSR count). The van der Waals surface area contributed by atoms with Gasteiger partial charge in [0.25, 0.3) is 5.91 Å². The van der Waals surface area contributed by atoms with E-state index in [1.54, 1.807) is 11.4 Å². The van der Waals surface area contributed by atoms with Crippen LogP contribution >= 0.6 is 11.3 Å². The van der Waals surface area contributed by atoms with Gasteiger partial charge in [-0.2, -0.15) is 0 Å². The molecule has 1 atom stereocenters. The van der Waals surface area contributed by atoms with Crippen LogP contribution in [0, 0.1) is 0 Å². The lowest BCUT2D eigenvalue weighted by atomic mass is 10.0. The summed E-state index contributed by atoms with van der Waals surface area (Å²) in [4.78, 5) is 25.9. The first-order chi connectivity index (χ1) is 11.6. The molecule has 0 saturated carbocycles. The minimum Gasteiger partial charge on any atom is -0.366 e. The maximum atomic E-state index is 12.3. The molecule has 0 aliphatic carbocycles. The van der Waals surface area contributed by atoms with Crippen molar-refractivity contribution in [1.29, 1.82) is 0 Å². The zero-order valence-corrected chi connectivity index (χ0v) is 14.2. The second kappa shape index (κ2) is 7.59. The number of nitrogens with one attached hydrogen (secondary N) is 1. The van der Waals surface area contributed by atoms with E-state index in [4.69, 9.17) is 5.73 Å². The number of amides is 2. The number of thiophene rings is 1.